The summed E-state index contributed by atoms with van der Waals surface area (Å²) in [6, 6.07) is 6.27. The molecule has 3 rings (SSSR count). The zero-order chi connectivity index (χ0) is 23.0. The van der Waals surface area contributed by atoms with E-state index in [4.69, 9.17) is 4.74 Å². The van der Waals surface area contributed by atoms with Gasteiger partial charge in [-0.05, 0) is 51.0 Å². The Morgan fingerprint density at radius 3 is 2.58 bits per heavy atom. The predicted octanol–water partition coefficient (Wildman–Crippen LogP) is 4.09. The van der Waals surface area contributed by atoms with Gasteiger partial charge < -0.3 is 20.4 Å². The lowest BCUT2D eigenvalue weighted by molar-refractivity contribution is -0.153. The van der Waals surface area contributed by atoms with E-state index < -0.39 is 17.5 Å². The fourth-order valence-corrected chi connectivity index (χ4v) is 3.50. The number of allylic oxidation sites excluding steroid dienone is 3. The first-order valence-corrected chi connectivity index (χ1v) is 10.3. The van der Waals surface area contributed by atoms with Gasteiger partial charge in [-0.1, -0.05) is 37.6 Å². The van der Waals surface area contributed by atoms with Gasteiger partial charge in [0.15, 0.2) is 0 Å². The number of piperazine rings is 1. The molecule has 3 N–H and O–H groups in total. The smallest absolute Gasteiger partial charge is 0.277 e. The summed E-state index contributed by atoms with van der Waals surface area (Å²) in [6.45, 7) is 13.8. The summed E-state index contributed by atoms with van der Waals surface area (Å²) < 4.78 is 5.18. The highest BCUT2D eigenvalue weighted by Gasteiger charge is 2.41. The van der Waals surface area contributed by atoms with Crippen molar-refractivity contribution in [1.29, 1.82) is 0 Å². The number of carbonyl (C=O) groups excluding carboxylic acids is 2. The van der Waals surface area contributed by atoms with Crippen molar-refractivity contribution in [1.82, 2.24) is 15.6 Å². The number of hydrogen-bond acceptors (Lipinski definition) is 3. The maximum absolute atomic E-state index is 12.7. The molecule has 1 saturated heterocycles. The molecule has 2 amide bonds. The largest absolute Gasteiger partial charge is 0.357 e. The Labute approximate surface area is 183 Å². The van der Waals surface area contributed by atoms with E-state index in [-0.39, 0.29) is 11.1 Å². The normalized spacial score (nSPS) is 20.5. The van der Waals surface area contributed by atoms with Gasteiger partial charge in [0.05, 0.1) is 0 Å². The fraction of sp³-hybridized carbons (Fsp3) is 0.360. The molecule has 0 saturated carbocycles. The van der Waals surface area contributed by atoms with Gasteiger partial charge in [-0.15, -0.1) is 6.58 Å². The van der Waals surface area contributed by atoms with Gasteiger partial charge in [-0.3, -0.25) is 9.59 Å². The second-order valence-corrected chi connectivity index (χ2v) is 8.91. The molecule has 6 nitrogen and oxygen atoms in total. The van der Waals surface area contributed by atoms with Crippen molar-refractivity contribution in [2.45, 2.75) is 52.2 Å². The van der Waals surface area contributed by atoms with Gasteiger partial charge in [-0.2, -0.15) is 0 Å². The summed E-state index contributed by atoms with van der Waals surface area (Å²) in [7, 11) is 1.38. The van der Waals surface area contributed by atoms with Crippen LogP contribution in [0.4, 0.5) is 0 Å². The van der Waals surface area contributed by atoms with Crippen molar-refractivity contribution >= 4 is 28.8 Å². The molecule has 0 radical (unpaired) electrons. The highest BCUT2D eigenvalue weighted by molar-refractivity contribution is 6.09. The Morgan fingerprint density at radius 1 is 1.26 bits per heavy atom. The molecule has 0 unspecified atom stereocenters. The highest BCUT2D eigenvalue weighted by Crippen LogP contribution is 2.35. The van der Waals surface area contributed by atoms with Crippen LogP contribution < -0.4 is 10.6 Å². The standard InChI is InChI=1S/C25H31N3O3/c1-8-24(4,5)21-18(14-20-22(29)28-25(6,31-7)23(30)27-20)17-13-16(10-9-15(2)3)11-12-19(17)26-21/h8-9,11-14,26H,1,10H2,2-7H3,(H,27,30)(H,28,29)/b20-14-/t25-/m0/s1. The zero-order valence-electron chi connectivity index (χ0n) is 19.1. The first-order chi connectivity index (χ1) is 14.5. The Morgan fingerprint density at radius 2 is 1.97 bits per heavy atom. The number of benzene rings is 1. The molecule has 1 aromatic carbocycles. The van der Waals surface area contributed by atoms with Gasteiger partial charge in [0, 0.05) is 34.7 Å². The van der Waals surface area contributed by atoms with Crippen molar-refractivity contribution in [3.63, 3.8) is 0 Å². The van der Waals surface area contributed by atoms with Gasteiger partial charge in [0.25, 0.3) is 11.8 Å². The number of amides is 2. The van der Waals surface area contributed by atoms with Gasteiger partial charge in [0.2, 0.25) is 5.72 Å². The molecule has 2 aromatic rings. The van der Waals surface area contributed by atoms with Crippen LogP contribution in [0.5, 0.6) is 0 Å². The van der Waals surface area contributed by atoms with Crippen molar-refractivity contribution < 1.29 is 14.3 Å². The minimum Gasteiger partial charge on any atom is -0.357 e. The molecule has 1 atom stereocenters. The molecule has 1 aliphatic heterocycles. The number of H-pyrrole nitrogens is 1. The van der Waals surface area contributed by atoms with Crippen LogP contribution in [0.2, 0.25) is 0 Å². The van der Waals surface area contributed by atoms with Gasteiger partial charge in [0.1, 0.15) is 5.70 Å². The molecule has 0 bridgehead atoms. The first kappa shape index (κ1) is 22.6. The monoisotopic (exact) mass is 421 g/mol. The third-order valence-corrected chi connectivity index (χ3v) is 5.78. The van der Waals surface area contributed by atoms with Crippen LogP contribution in [-0.4, -0.2) is 29.6 Å². The Bertz CT molecular complexity index is 1120. The minimum atomic E-state index is -1.39. The fourth-order valence-electron chi connectivity index (χ4n) is 3.50. The van der Waals surface area contributed by atoms with Crippen molar-refractivity contribution in [3.05, 3.63) is 65.0 Å². The highest BCUT2D eigenvalue weighted by atomic mass is 16.5. The summed E-state index contributed by atoms with van der Waals surface area (Å²) in [5.41, 5.74) is 3.57. The number of aromatic amines is 1. The number of methoxy groups -OCH3 is 1. The average molecular weight is 422 g/mol. The van der Waals surface area contributed by atoms with E-state index >= 15 is 0 Å². The van der Waals surface area contributed by atoms with Crippen molar-refractivity contribution in [2.24, 2.45) is 0 Å². The molecule has 1 aromatic heterocycles. The van der Waals surface area contributed by atoms with Crippen LogP contribution in [0.25, 0.3) is 17.0 Å². The maximum Gasteiger partial charge on any atom is 0.277 e. The number of fused-ring (bicyclic) bond motifs is 1. The molecule has 2 heterocycles. The van der Waals surface area contributed by atoms with Crippen LogP contribution in [0, 0.1) is 0 Å². The van der Waals surface area contributed by atoms with E-state index in [1.807, 2.05) is 6.08 Å². The number of carbonyl (C=O) groups is 2. The second kappa shape index (κ2) is 8.19. The summed E-state index contributed by atoms with van der Waals surface area (Å²) in [4.78, 5) is 28.7. The van der Waals surface area contributed by atoms with Gasteiger partial charge in [-0.25, -0.2) is 0 Å². The van der Waals surface area contributed by atoms with Crippen LogP contribution >= 0.6 is 0 Å². The summed E-state index contributed by atoms with van der Waals surface area (Å²) in [5.74, 6) is -0.823. The maximum atomic E-state index is 12.7. The molecule has 6 heteroatoms. The summed E-state index contributed by atoms with van der Waals surface area (Å²) in [5, 5.41) is 6.32. The summed E-state index contributed by atoms with van der Waals surface area (Å²) >= 11 is 0. The Balaban J connectivity index is 2.17. The first-order valence-electron chi connectivity index (χ1n) is 10.3. The molecular weight excluding hydrogens is 390 g/mol. The van der Waals surface area contributed by atoms with E-state index in [9.17, 15) is 9.59 Å². The lowest BCUT2D eigenvalue weighted by Gasteiger charge is -2.33. The third-order valence-electron chi connectivity index (χ3n) is 5.78. The van der Waals surface area contributed by atoms with E-state index in [2.05, 4.69) is 74.2 Å². The number of nitrogens with one attached hydrogen (secondary N) is 3. The molecule has 31 heavy (non-hydrogen) atoms. The number of ether oxygens (including phenoxy) is 1. The van der Waals surface area contributed by atoms with E-state index in [0.29, 0.717) is 0 Å². The van der Waals surface area contributed by atoms with E-state index in [0.717, 1.165) is 28.6 Å². The lowest BCUT2D eigenvalue weighted by atomic mass is 9.86. The average Bonchev–Trinajstić information content (AvgIpc) is 3.09. The third kappa shape index (κ3) is 4.35. The summed E-state index contributed by atoms with van der Waals surface area (Å²) in [6.07, 6.45) is 6.60. The molecule has 164 valence electrons. The van der Waals surface area contributed by atoms with Crippen LogP contribution in [-0.2, 0) is 26.2 Å². The predicted molar refractivity (Wildman–Crippen MR) is 124 cm³/mol. The van der Waals surface area contributed by atoms with Crippen LogP contribution in [0.1, 0.15) is 51.4 Å². The molecule has 1 aliphatic rings. The number of hydrogen-bond donors (Lipinski definition) is 3. The zero-order valence-corrected chi connectivity index (χ0v) is 19.1. The lowest BCUT2D eigenvalue weighted by Crippen LogP contribution is -2.63. The van der Waals surface area contributed by atoms with E-state index in [1.54, 1.807) is 6.08 Å². The van der Waals surface area contributed by atoms with E-state index in [1.165, 1.54) is 25.2 Å². The van der Waals surface area contributed by atoms with Gasteiger partial charge >= 0.3 is 0 Å². The quantitative estimate of drug-likeness (QED) is 0.485. The molecule has 1 fully saturated rings. The molecular formula is C25H31N3O3. The SMILES string of the molecule is C=CC(C)(C)c1[nH]c2ccc(CC=C(C)C)cc2c1/C=C1\NC(=O)[C@](C)(OC)NC1=O. The number of rotatable bonds is 6. The van der Waals surface area contributed by atoms with Crippen LogP contribution in [0.15, 0.2) is 48.2 Å². The van der Waals surface area contributed by atoms with Crippen molar-refractivity contribution in [2.75, 3.05) is 7.11 Å². The Hall–Kier alpha value is -3.12. The number of aromatic nitrogens is 1. The topological polar surface area (TPSA) is 83.2 Å². The minimum absolute atomic E-state index is 0.177. The Kier molecular flexibility index (Phi) is 5.96. The van der Waals surface area contributed by atoms with Crippen molar-refractivity contribution in [3.8, 4) is 0 Å². The second-order valence-electron chi connectivity index (χ2n) is 8.91. The molecule has 0 spiro atoms. The van der Waals surface area contributed by atoms with Crippen LogP contribution in [0.3, 0.4) is 0 Å². The molecule has 0 aliphatic carbocycles.